The van der Waals surface area contributed by atoms with Crippen LogP contribution in [0.5, 0.6) is 0 Å². The number of rotatable bonds is 3. The van der Waals surface area contributed by atoms with E-state index in [4.69, 9.17) is 0 Å². The molecule has 31 heavy (non-hydrogen) atoms. The van der Waals surface area contributed by atoms with Crippen molar-refractivity contribution in [2.24, 2.45) is 0 Å². The fourth-order valence-corrected chi connectivity index (χ4v) is 3.68. The molecule has 0 aliphatic rings. The topological polar surface area (TPSA) is 56.6 Å². The van der Waals surface area contributed by atoms with Gasteiger partial charge in [-0.25, -0.2) is 0 Å². The van der Waals surface area contributed by atoms with E-state index < -0.39 is 0 Å². The maximum Gasteiger partial charge on any atom is 0.266 e. The molecular formula is C28H24N2O. The SMILES string of the molecule is CC(C)(C)c1ccc(-c2cc(-c3ccc(-c4ccccc4)cc3)[nH]c(=O)c2C#N)cc1. The van der Waals surface area contributed by atoms with Crippen molar-refractivity contribution in [1.29, 1.82) is 5.26 Å². The summed E-state index contributed by atoms with van der Waals surface area (Å²) in [6.07, 6.45) is 0. The lowest BCUT2D eigenvalue weighted by atomic mass is 9.86. The summed E-state index contributed by atoms with van der Waals surface area (Å²) in [6, 6.07) is 30.3. The molecule has 0 bridgehead atoms. The predicted octanol–water partition coefficient (Wildman–Crippen LogP) is 6.55. The van der Waals surface area contributed by atoms with Crippen molar-refractivity contribution in [3.63, 3.8) is 0 Å². The molecule has 4 aromatic rings. The number of hydrogen-bond acceptors (Lipinski definition) is 2. The van der Waals surface area contributed by atoms with Gasteiger partial charge in [0.1, 0.15) is 11.6 Å². The number of nitrogens with one attached hydrogen (secondary N) is 1. The number of hydrogen-bond donors (Lipinski definition) is 1. The van der Waals surface area contributed by atoms with Gasteiger partial charge < -0.3 is 4.98 Å². The van der Waals surface area contributed by atoms with Gasteiger partial charge in [-0.15, -0.1) is 0 Å². The second-order valence-corrected chi connectivity index (χ2v) is 8.68. The van der Waals surface area contributed by atoms with Crippen molar-refractivity contribution in [2.75, 3.05) is 0 Å². The highest BCUT2D eigenvalue weighted by Crippen LogP contribution is 2.30. The molecule has 1 heterocycles. The Morgan fingerprint density at radius 2 is 1.29 bits per heavy atom. The lowest BCUT2D eigenvalue weighted by molar-refractivity contribution is 0.590. The molecule has 0 aliphatic heterocycles. The van der Waals surface area contributed by atoms with Crippen LogP contribution in [-0.2, 0) is 5.41 Å². The quantitative estimate of drug-likeness (QED) is 0.421. The monoisotopic (exact) mass is 404 g/mol. The van der Waals surface area contributed by atoms with Gasteiger partial charge in [-0.1, -0.05) is 99.6 Å². The van der Waals surface area contributed by atoms with Crippen LogP contribution in [0.4, 0.5) is 0 Å². The van der Waals surface area contributed by atoms with Crippen molar-refractivity contribution < 1.29 is 0 Å². The van der Waals surface area contributed by atoms with Gasteiger partial charge in [0.2, 0.25) is 0 Å². The molecule has 0 fully saturated rings. The summed E-state index contributed by atoms with van der Waals surface area (Å²) in [4.78, 5) is 15.5. The average Bonchev–Trinajstić information content (AvgIpc) is 2.79. The molecule has 0 amide bonds. The van der Waals surface area contributed by atoms with E-state index in [1.165, 1.54) is 5.56 Å². The summed E-state index contributed by atoms with van der Waals surface area (Å²) in [5, 5.41) is 9.60. The number of aromatic amines is 1. The molecule has 1 N–H and O–H groups in total. The Bertz CT molecular complexity index is 1300. The van der Waals surface area contributed by atoms with Crippen LogP contribution in [-0.4, -0.2) is 4.98 Å². The molecule has 0 unspecified atom stereocenters. The number of benzene rings is 3. The summed E-state index contributed by atoms with van der Waals surface area (Å²) >= 11 is 0. The largest absolute Gasteiger partial charge is 0.321 e. The highest BCUT2D eigenvalue weighted by atomic mass is 16.1. The minimum absolute atomic E-state index is 0.0381. The van der Waals surface area contributed by atoms with Gasteiger partial charge in [-0.05, 0) is 39.3 Å². The molecule has 4 rings (SSSR count). The van der Waals surface area contributed by atoms with Crippen LogP contribution in [0.3, 0.4) is 0 Å². The van der Waals surface area contributed by atoms with Gasteiger partial charge in [-0.2, -0.15) is 5.26 Å². The van der Waals surface area contributed by atoms with E-state index in [1.54, 1.807) is 0 Å². The number of H-pyrrole nitrogens is 1. The molecule has 0 radical (unpaired) electrons. The molecule has 0 aliphatic carbocycles. The standard InChI is InChI=1S/C28H24N2O/c1-28(2,3)23-15-13-21(14-16-23)24-17-26(30-27(31)25(24)18-29)22-11-9-20(10-12-22)19-7-5-4-6-8-19/h4-17H,1-3H3,(H,30,31). The van der Waals surface area contributed by atoms with E-state index >= 15 is 0 Å². The predicted molar refractivity (Wildman–Crippen MR) is 127 cm³/mol. The van der Waals surface area contributed by atoms with Crippen LogP contribution in [0.2, 0.25) is 0 Å². The fraction of sp³-hybridized carbons (Fsp3) is 0.143. The molecular weight excluding hydrogens is 380 g/mol. The second kappa shape index (κ2) is 8.08. The third-order valence-corrected chi connectivity index (χ3v) is 5.51. The maximum absolute atomic E-state index is 12.7. The lowest BCUT2D eigenvalue weighted by Crippen LogP contribution is -2.13. The number of nitrogens with zero attached hydrogens (tertiary/aromatic N) is 1. The minimum Gasteiger partial charge on any atom is -0.321 e. The summed E-state index contributed by atoms with van der Waals surface area (Å²) in [5.74, 6) is 0. The molecule has 0 saturated heterocycles. The zero-order valence-electron chi connectivity index (χ0n) is 17.9. The van der Waals surface area contributed by atoms with E-state index in [2.05, 4.69) is 56.1 Å². The number of nitriles is 1. The van der Waals surface area contributed by atoms with Gasteiger partial charge in [-0.3, -0.25) is 4.79 Å². The number of pyridine rings is 1. The van der Waals surface area contributed by atoms with E-state index in [0.717, 1.165) is 22.3 Å². The molecule has 3 aromatic carbocycles. The highest BCUT2D eigenvalue weighted by Gasteiger charge is 2.16. The van der Waals surface area contributed by atoms with Gasteiger partial charge in [0.25, 0.3) is 5.56 Å². The molecule has 0 atom stereocenters. The van der Waals surface area contributed by atoms with Crippen LogP contribution >= 0.6 is 0 Å². The Balaban J connectivity index is 1.76. The third-order valence-electron chi connectivity index (χ3n) is 5.51. The fourth-order valence-electron chi connectivity index (χ4n) is 3.68. The first-order valence-corrected chi connectivity index (χ1v) is 10.3. The van der Waals surface area contributed by atoms with Gasteiger partial charge in [0.05, 0.1) is 0 Å². The molecule has 0 spiro atoms. The lowest BCUT2D eigenvalue weighted by Gasteiger charge is -2.19. The van der Waals surface area contributed by atoms with Gasteiger partial charge in [0.15, 0.2) is 0 Å². The highest BCUT2D eigenvalue weighted by molar-refractivity contribution is 5.76. The normalized spacial score (nSPS) is 11.2. The first kappa shape index (κ1) is 20.4. The van der Waals surface area contributed by atoms with Gasteiger partial charge in [0, 0.05) is 11.3 Å². The van der Waals surface area contributed by atoms with E-state index in [1.807, 2.05) is 60.7 Å². The van der Waals surface area contributed by atoms with Crippen molar-refractivity contribution in [1.82, 2.24) is 4.98 Å². The van der Waals surface area contributed by atoms with Crippen LogP contribution in [0.1, 0.15) is 31.9 Å². The van der Waals surface area contributed by atoms with E-state index in [0.29, 0.717) is 11.3 Å². The average molecular weight is 405 g/mol. The zero-order chi connectivity index (χ0) is 22.0. The summed E-state index contributed by atoms with van der Waals surface area (Å²) < 4.78 is 0. The Morgan fingerprint density at radius 3 is 1.87 bits per heavy atom. The minimum atomic E-state index is -0.373. The third kappa shape index (κ3) is 4.20. The Morgan fingerprint density at radius 1 is 0.742 bits per heavy atom. The molecule has 0 saturated carbocycles. The van der Waals surface area contributed by atoms with Crippen LogP contribution in [0, 0.1) is 11.3 Å². The summed E-state index contributed by atoms with van der Waals surface area (Å²) in [6.45, 7) is 6.48. The smallest absolute Gasteiger partial charge is 0.266 e. The Hall–Kier alpha value is -3.90. The van der Waals surface area contributed by atoms with Crippen LogP contribution in [0.25, 0.3) is 33.5 Å². The Kier molecular flexibility index (Phi) is 5.31. The van der Waals surface area contributed by atoms with Gasteiger partial charge >= 0.3 is 0 Å². The van der Waals surface area contributed by atoms with Crippen molar-refractivity contribution in [2.45, 2.75) is 26.2 Å². The van der Waals surface area contributed by atoms with Crippen LogP contribution in [0.15, 0.2) is 89.7 Å². The first-order chi connectivity index (χ1) is 14.9. The van der Waals surface area contributed by atoms with Crippen molar-refractivity contribution >= 4 is 0 Å². The molecule has 3 nitrogen and oxygen atoms in total. The van der Waals surface area contributed by atoms with E-state index in [-0.39, 0.29) is 16.5 Å². The van der Waals surface area contributed by atoms with E-state index in [9.17, 15) is 10.1 Å². The number of aromatic nitrogens is 1. The summed E-state index contributed by atoms with van der Waals surface area (Å²) in [7, 11) is 0. The summed E-state index contributed by atoms with van der Waals surface area (Å²) in [5.41, 5.74) is 6.35. The van der Waals surface area contributed by atoms with Crippen LogP contribution < -0.4 is 5.56 Å². The Labute approximate surface area is 182 Å². The molecule has 152 valence electrons. The van der Waals surface area contributed by atoms with Crippen molar-refractivity contribution in [3.8, 4) is 39.6 Å². The second-order valence-electron chi connectivity index (χ2n) is 8.68. The molecule has 3 heteroatoms. The first-order valence-electron chi connectivity index (χ1n) is 10.3. The molecule has 1 aromatic heterocycles. The maximum atomic E-state index is 12.7. The van der Waals surface area contributed by atoms with Crippen molar-refractivity contribution in [3.05, 3.63) is 106 Å². The zero-order valence-corrected chi connectivity index (χ0v) is 17.9.